The fourth-order valence-corrected chi connectivity index (χ4v) is 2.53. The number of ether oxygens (including phenoxy) is 1. The summed E-state index contributed by atoms with van der Waals surface area (Å²) in [7, 11) is 0. The Morgan fingerprint density at radius 1 is 1.00 bits per heavy atom. The first-order valence-electron chi connectivity index (χ1n) is 8.91. The third kappa shape index (κ3) is 6.91. The third-order valence-electron chi connectivity index (χ3n) is 3.95. The van der Waals surface area contributed by atoms with Gasteiger partial charge < -0.3 is 4.74 Å². The van der Waals surface area contributed by atoms with Crippen LogP contribution in [0, 0.1) is 0 Å². The number of amides is 1. The van der Waals surface area contributed by atoms with Gasteiger partial charge in [-0.2, -0.15) is 4.99 Å². The number of carbonyl (C=O) groups is 1. The average Bonchev–Trinajstić information content (AvgIpc) is 2.65. The number of hydrogen-bond acceptors (Lipinski definition) is 4. The van der Waals surface area contributed by atoms with E-state index in [-0.39, 0.29) is 0 Å². The second kappa shape index (κ2) is 10.9. The van der Waals surface area contributed by atoms with Gasteiger partial charge in [0.05, 0.1) is 12.3 Å². The number of hydrogen-bond donors (Lipinski definition) is 1. The Balaban J connectivity index is 1.80. The van der Waals surface area contributed by atoms with Gasteiger partial charge in [-0.1, -0.05) is 50.5 Å². The second-order valence-electron chi connectivity index (χ2n) is 6.06. The van der Waals surface area contributed by atoms with E-state index in [1.807, 2.05) is 36.4 Å². The summed E-state index contributed by atoms with van der Waals surface area (Å²) in [6.45, 7) is 2.60. The van der Waals surface area contributed by atoms with Gasteiger partial charge in [-0.05, 0) is 48.2 Å². The van der Waals surface area contributed by atoms with Crippen LogP contribution in [0.5, 0.6) is 0 Å². The summed E-state index contributed by atoms with van der Waals surface area (Å²) >= 11 is 0. The van der Waals surface area contributed by atoms with Crippen molar-refractivity contribution in [2.45, 2.75) is 39.0 Å². The van der Waals surface area contributed by atoms with Crippen molar-refractivity contribution in [3.05, 3.63) is 59.7 Å². The minimum Gasteiger partial charge on any atom is -0.449 e. The summed E-state index contributed by atoms with van der Waals surface area (Å²) < 4.78 is 5.16. The van der Waals surface area contributed by atoms with Crippen molar-refractivity contribution in [3.63, 3.8) is 0 Å². The summed E-state index contributed by atoms with van der Waals surface area (Å²) in [6.07, 6.45) is 6.18. The van der Waals surface area contributed by atoms with Crippen molar-refractivity contribution in [1.82, 2.24) is 0 Å². The number of rotatable bonds is 9. The molecule has 0 spiro atoms. The third-order valence-corrected chi connectivity index (χ3v) is 3.95. The molecule has 0 radical (unpaired) electrons. The van der Waals surface area contributed by atoms with Crippen LogP contribution < -0.4 is 5.32 Å². The molecular weight excluding hydrogens is 328 g/mol. The molecule has 0 bridgehead atoms. The van der Waals surface area contributed by atoms with Crippen LogP contribution >= 0.6 is 0 Å². The Labute approximate surface area is 154 Å². The van der Waals surface area contributed by atoms with Gasteiger partial charge in [0.2, 0.25) is 6.08 Å². The molecule has 136 valence electrons. The molecule has 1 amide bonds. The van der Waals surface area contributed by atoms with Crippen LogP contribution in [0.1, 0.15) is 43.7 Å². The molecule has 1 N–H and O–H groups in total. The van der Waals surface area contributed by atoms with Gasteiger partial charge >= 0.3 is 6.09 Å². The van der Waals surface area contributed by atoms with Crippen molar-refractivity contribution < 1.29 is 14.3 Å². The number of isocyanates is 1. The van der Waals surface area contributed by atoms with Crippen LogP contribution in [-0.2, 0) is 16.0 Å². The van der Waals surface area contributed by atoms with Crippen LogP contribution in [-0.4, -0.2) is 18.8 Å². The maximum absolute atomic E-state index is 11.7. The number of benzene rings is 2. The van der Waals surface area contributed by atoms with Crippen LogP contribution in [0.15, 0.2) is 53.5 Å². The maximum atomic E-state index is 11.7. The molecule has 0 heterocycles. The van der Waals surface area contributed by atoms with E-state index >= 15 is 0 Å². The van der Waals surface area contributed by atoms with E-state index in [9.17, 15) is 9.59 Å². The molecule has 0 atom stereocenters. The molecule has 0 aliphatic carbocycles. The number of anilines is 1. The van der Waals surface area contributed by atoms with E-state index in [1.54, 1.807) is 12.1 Å². The van der Waals surface area contributed by atoms with E-state index in [1.165, 1.54) is 12.5 Å². The summed E-state index contributed by atoms with van der Waals surface area (Å²) in [5, 5.41) is 2.74. The first-order chi connectivity index (χ1) is 12.7. The lowest BCUT2D eigenvalue weighted by Crippen LogP contribution is -2.14. The minimum atomic E-state index is -0.416. The number of nitrogens with one attached hydrogen (secondary N) is 1. The highest BCUT2D eigenvalue weighted by Crippen LogP contribution is 2.17. The average molecular weight is 352 g/mol. The van der Waals surface area contributed by atoms with Crippen molar-refractivity contribution in [2.24, 2.45) is 4.99 Å². The number of unbranched alkanes of at least 4 members (excludes halogenated alkanes) is 3. The molecule has 5 nitrogen and oxygen atoms in total. The second-order valence-corrected chi connectivity index (χ2v) is 6.06. The summed E-state index contributed by atoms with van der Waals surface area (Å²) in [6, 6.07) is 15.1. The lowest BCUT2D eigenvalue weighted by atomic mass is 10.0. The quantitative estimate of drug-likeness (QED) is 0.374. The lowest BCUT2D eigenvalue weighted by Gasteiger charge is -2.08. The maximum Gasteiger partial charge on any atom is 0.411 e. The molecular formula is C21H24N2O3. The summed E-state index contributed by atoms with van der Waals surface area (Å²) in [4.78, 5) is 25.5. The van der Waals surface area contributed by atoms with Gasteiger partial charge in [-0.25, -0.2) is 9.59 Å². The predicted molar refractivity (Wildman–Crippen MR) is 103 cm³/mol. The van der Waals surface area contributed by atoms with E-state index in [2.05, 4.69) is 17.2 Å². The number of nitrogens with zero attached hydrogens (tertiary/aromatic N) is 1. The van der Waals surface area contributed by atoms with Crippen molar-refractivity contribution in [2.75, 3.05) is 11.9 Å². The highest BCUT2D eigenvalue weighted by molar-refractivity contribution is 5.84. The molecule has 0 saturated carbocycles. The monoisotopic (exact) mass is 352 g/mol. The Hall–Kier alpha value is -2.91. The van der Waals surface area contributed by atoms with Gasteiger partial charge in [0.1, 0.15) is 0 Å². The molecule has 0 aliphatic heterocycles. The van der Waals surface area contributed by atoms with Gasteiger partial charge in [-0.15, -0.1) is 0 Å². The Bertz CT molecular complexity index is 733. The smallest absolute Gasteiger partial charge is 0.411 e. The Morgan fingerprint density at radius 3 is 2.27 bits per heavy atom. The largest absolute Gasteiger partial charge is 0.449 e. The van der Waals surface area contributed by atoms with Crippen LogP contribution in [0.2, 0.25) is 0 Å². The fraction of sp³-hybridized carbons (Fsp3) is 0.333. The zero-order valence-corrected chi connectivity index (χ0v) is 15.0. The highest BCUT2D eigenvalue weighted by Gasteiger charge is 2.03. The fourth-order valence-electron chi connectivity index (χ4n) is 2.53. The van der Waals surface area contributed by atoms with Crippen LogP contribution in [0.3, 0.4) is 0 Å². The van der Waals surface area contributed by atoms with Crippen molar-refractivity contribution in [3.8, 4) is 0 Å². The Kier molecular flexibility index (Phi) is 8.10. The van der Waals surface area contributed by atoms with Crippen LogP contribution in [0.4, 0.5) is 16.2 Å². The minimum absolute atomic E-state index is 0.416. The normalized spacial score (nSPS) is 10.0. The highest BCUT2D eigenvalue weighted by atomic mass is 16.5. The number of carbonyl (C=O) groups excluding carboxylic acids is 2. The van der Waals surface area contributed by atoms with Gasteiger partial charge in [-0.3, -0.25) is 5.32 Å². The molecule has 0 aliphatic rings. The summed E-state index contributed by atoms with van der Waals surface area (Å²) in [5.74, 6) is 0. The van der Waals surface area contributed by atoms with Crippen molar-refractivity contribution >= 4 is 23.5 Å². The van der Waals surface area contributed by atoms with Gasteiger partial charge in [0.15, 0.2) is 0 Å². The van der Waals surface area contributed by atoms with E-state index < -0.39 is 6.09 Å². The SMILES string of the molecule is CCCCCCOC(=O)Nc1ccc(Cc2ccc(N=C=O)cc2)cc1. The van der Waals surface area contributed by atoms with E-state index in [4.69, 9.17) is 4.74 Å². The van der Waals surface area contributed by atoms with Gasteiger partial charge in [0, 0.05) is 5.69 Å². The molecule has 2 aromatic carbocycles. The Morgan fingerprint density at radius 2 is 1.65 bits per heavy atom. The van der Waals surface area contributed by atoms with E-state index in [0.29, 0.717) is 18.0 Å². The first kappa shape index (κ1) is 19.4. The molecule has 2 rings (SSSR count). The standard InChI is InChI=1S/C21H24N2O3/c1-2-3-4-5-14-26-21(25)23-20-12-8-18(9-13-20)15-17-6-10-19(11-7-17)22-16-24/h6-13H,2-5,14-15H2,1H3,(H,23,25). The van der Waals surface area contributed by atoms with Crippen LogP contribution in [0.25, 0.3) is 0 Å². The molecule has 0 saturated heterocycles. The molecule has 0 fully saturated rings. The molecule has 26 heavy (non-hydrogen) atoms. The van der Waals surface area contributed by atoms with Crippen molar-refractivity contribution in [1.29, 1.82) is 0 Å². The zero-order chi connectivity index (χ0) is 18.6. The number of aliphatic imine (C=N–C) groups is 1. The molecule has 0 unspecified atom stereocenters. The van der Waals surface area contributed by atoms with Gasteiger partial charge in [0.25, 0.3) is 0 Å². The topological polar surface area (TPSA) is 67.8 Å². The first-order valence-corrected chi connectivity index (χ1v) is 8.91. The molecule has 5 heteroatoms. The summed E-state index contributed by atoms with van der Waals surface area (Å²) in [5.41, 5.74) is 3.54. The molecule has 0 aromatic heterocycles. The predicted octanol–water partition coefficient (Wildman–Crippen LogP) is 5.37. The lowest BCUT2D eigenvalue weighted by molar-refractivity contribution is 0.159. The zero-order valence-electron chi connectivity index (χ0n) is 15.0. The molecule has 2 aromatic rings. The van der Waals surface area contributed by atoms with E-state index in [0.717, 1.165) is 36.8 Å².